The smallest absolute Gasteiger partial charge is 0.0711 e. The van der Waals surface area contributed by atoms with Crippen molar-refractivity contribution in [3.8, 4) is 0 Å². The second-order valence-corrected chi connectivity index (χ2v) is 3.90. The molecular formula is C11H23NO. The molecule has 1 fully saturated rings. The molecule has 1 atom stereocenters. The van der Waals surface area contributed by atoms with Crippen molar-refractivity contribution in [3.05, 3.63) is 0 Å². The van der Waals surface area contributed by atoms with Gasteiger partial charge < -0.3 is 10.1 Å². The van der Waals surface area contributed by atoms with Gasteiger partial charge in [0.25, 0.3) is 0 Å². The summed E-state index contributed by atoms with van der Waals surface area (Å²) in [6, 6.07) is 0. The Bertz CT molecular complexity index is 111. The van der Waals surface area contributed by atoms with Gasteiger partial charge in [-0.2, -0.15) is 0 Å². The molecule has 78 valence electrons. The van der Waals surface area contributed by atoms with Gasteiger partial charge in [-0.3, -0.25) is 0 Å². The van der Waals surface area contributed by atoms with Crippen molar-refractivity contribution in [2.45, 2.75) is 51.6 Å². The molecule has 1 aliphatic rings. The number of ether oxygens (including phenoxy) is 1. The van der Waals surface area contributed by atoms with Crippen LogP contribution in [0.4, 0.5) is 0 Å². The van der Waals surface area contributed by atoms with Crippen LogP contribution in [0.15, 0.2) is 0 Å². The van der Waals surface area contributed by atoms with Gasteiger partial charge in [-0.05, 0) is 19.4 Å². The van der Waals surface area contributed by atoms with Crippen LogP contribution in [-0.4, -0.2) is 25.8 Å². The SMILES string of the molecule is CCCCCCCO[C@H]1CCNC1. The summed E-state index contributed by atoms with van der Waals surface area (Å²) in [6.07, 6.45) is 8.38. The molecule has 1 N–H and O–H groups in total. The number of nitrogens with one attached hydrogen (secondary N) is 1. The minimum absolute atomic E-state index is 0.506. The maximum absolute atomic E-state index is 5.72. The summed E-state index contributed by atoms with van der Waals surface area (Å²) in [7, 11) is 0. The van der Waals surface area contributed by atoms with Crippen molar-refractivity contribution in [1.29, 1.82) is 0 Å². The third-order valence-corrected chi connectivity index (χ3v) is 2.62. The molecule has 1 rings (SSSR count). The fourth-order valence-corrected chi connectivity index (χ4v) is 1.73. The van der Waals surface area contributed by atoms with Gasteiger partial charge in [0, 0.05) is 13.2 Å². The van der Waals surface area contributed by atoms with Crippen molar-refractivity contribution in [2.24, 2.45) is 0 Å². The van der Waals surface area contributed by atoms with Gasteiger partial charge in [-0.15, -0.1) is 0 Å². The first kappa shape index (κ1) is 11.0. The standard InChI is InChI=1S/C11H23NO/c1-2-3-4-5-6-9-13-11-7-8-12-10-11/h11-12H,2-10H2,1H3/t11-/m0/s1. The van der Waals surface area contributed by atoms with Crippen molar-refractivity contribution in [2.75, 3.05) is 19.7 Å². The molecule has 1 saturated heterocycles. The fraction of sp³-hybridized carbons (Fsp3) is 1.00. The normalized spacial score (nSPS) is 22.4. The van der Waals surface area contributed by atoms with E-state index in [4.69, 9.17) is 4.74 Å². The Hall–Kier alpha value is -0.0800. The molecule has 0 aliphatic carbocycles. The van der Waals surface area contributed by atoms with Gasteiger partial charge in [0.1, 0.15) is 0 Å². The van der Waals surface area contributed by atoms with E-state index in [1.807, 2.05) is 0 Å². The van der Waals surface area contributed by atoms with Crippen molar-refractivity contribution in [3.63, 3.8) is 0 Å². The average molecular weight is 185 g/mol. The lowest BCUT2D eigenvalue weighted by molar-refractivity contribution is 0.0641. The van der Waals surface area contributed by atoms with Crippen molar-refractivity contribution in [1.82, 2.24) is 5.32 Å². The summed E-state index contributed by atoms with van der Waals surface area (Å²) < 4.78 is 5.72. The van der Waals surface area contributed by atoms with E-state index in [2.05, 4.69) is 12.2 Å². The second-order valence-electron chi connectivity index (χ2n) is 3.90. The first-order valence-electron chi connectivity index (χ1n) is 5.76. The average Bonchev–Trinajstić information content (AvgIpc) is 2.63. The third kappa shape index (κ3) is 5.27. The molecule has 2 nitrogen and oxygen atoms in total. The lowest BCUT2D eigenvalue weighted by atomic mass is 10.2. The Morgan fingerprint density at radius 1 is 1.23 bits per heavy atom. The molecule has 0 amide bonds. The molecule has 0 aromatic heterocycles. The highest BCUT2D eigenvalue weighted by molar-refractivity contribution is 4.70. The largest absolute Gasteiger partial charge is 0.377 e. The molecule has 2 heteroatoms. The topological polar surface area (TPSA) is 21.3 Å². The van der Waals surface area contributed by atoms with Crippen LogP contribution in [0.1, 0.15) is 45.4 Å². The molecule has 0 radical (unpaired) electrons. The molecule has 0 aromatic rings. The Kier molecular flexibility index (Phi) is 6.21. The van der Waals surface area contributed by atoms with Crippen LogP contribution in [0.5, 0.6) is 0 Å². The minimum Gasteiger partial charge on any atom is -0.377 e. The first-order valence-corrected chi connectivity index (χ1v) is 5.76. The molecule has 1 heterocycles. The van der Waals surface area contributed by atoms with Crippen LogP contribution in [0.2, 0.25) is 0 Å². The van der Waals surface area contributed by atoms with Crippen molar-refractivity contribution < 1.29 is 4.74 Å². The van der Waals surface area contributed by atoms with Gasteiger partial charge >= 0.3 is 0 Å². The summed E-state index contributed by atoms with van der Waals surface area (Å²) in [5.74, 6) is 0. The number of rotatable bonds is 7. The van der Waals surface area contributed by atoms with E-state index in [9.17, 15) is 0 Å². The first-order chi connectivity index (χ1) is 6.43. The Labute approximate surface area is 82.0 Å². The number of hydrogen-bond donors (Lipinski definition) is 1. The maximum atomic E-state index is 5.72. The molecule has 0 unspecified atom stereocenters. The zero-order valence-electron chi connectivity index (χ0n) is 8.85. The van der Waals surface area contributed by atoms with Gasteiger partial charge in [0.2, 0.25) is 0 Å². The molecule has 1 aliphatic heterocycles. The predicted molar refractivity (Wildman–Crippen MR) is 56.0 cm³/mol. The highest BCUT2D eigenvalue weighted by Crippen LogP contribution is 2.06. The van der Waals surface area contributed by atoms with E-state index in [1.165, 1.54) is 38.5 Å². The minimum atomic E-state index is 0.506. The van der Waals surface area contributed by atoms with Gasteiger partial charge in [0.05, 0.1) is 6.10 Å². The lowest BCUT2D eigenvalue weighted by Crippen LogP contribution is -2.17. The quantitative estimate of drug-likeness (QED) is 0.615. The zero-order chi connectivity index (χ0) is 9.36. The molecule has 0 saturated carbocycles. The van der Waals surface area contributed by atoms with Gasteiger partial charge in [-0.1, -0.05) is 32.6 Å². The Balaban J connectivity index is 1.78. The summed E-state index contributed by atoms with van der Waals surface area (Å²) in [5.41, 5.74) is 0. The maximum Gasteiger partial charge on any atom is 0.0711 e. The zero-order valence-corrected chi connectivity index (χ0v) is 8.85. The lowest BCUT2D eigenvalue weighted by Gasteiger charge is -2.09. The van der Waals surface area contributed by atoms with Gasteiger partial charge in [-0.25, -0.2) is 0 Å². The van der Waals surface area contributed by atoms with Crippen LogP contribution in [0, 0.1) is 0 Å². The molecule has 0 spiro atoms. The predicted octanol–water partition coefficient (Wildman–Crippen LogP) is 2.34. The van der Waals surface area contributed by atoms with E-state index in [1.54, 1.807) is 0 Å². The summed E-state index contributed by atoms with van der Waals surface area (Å²) >= 11 is 0. The highest BCUT2D eigenvalue weighted by atomic mass is 16.5. The second kappa shape index (κ2) is 7.34. The van der Waals surface area contributed by atoms with E-state index in [-0.39, 0.29) is 0 Å². The van der Waals surface area contributed by atoms with Crippen LogP contribution in [0.25, 0.3) is 0 Å². The molecule has 13 heavy (non-hydrogen) atoms. The highest BCUT2D eigenvalue weighted by Gasteiger charge is 2.13. The van der Waals surface area contributed by atoms with Crippen LogP contribution >= 0.6 is 0 Å². The van der Waals surface area contributed by atoms with Crippen LogP contribution in [-0.2, 0) is 4.74 Å². The fourth-order valence-electron chi connectivity index (χ4n) is 1.73. The number of unbranched alkanes of at least 4 members (excludes halogenated alkanes) is 4. The summed E-state index contributed by atoms with van der Waals surface area (Å²) in [4.78, 5) is 0. The Morgan fingerprint density at radius 2 is 2.08 bits per heavy atom. The molecule has 0 bridgehead atoms. The summed E-state index contributed by atoms with van der Waals surface area (Å²) in [5, 5.41) is 3.31. The van der Waals surface area contributed by atoms with Gasteiger partial charge in [0.15, 0.2) is 0 Å². The van der Waals surface area contributed by atoms with E-state index >= 15 is 0 Å². The molecular weight excluding hydrogens is 162 g/mol. The third-order valence-electron chi connectivity index (χ3n) is 2.62. The molecule has 0 aromatic carbocycles. The van der Waals surface area contributed by atoms with E-state index < -0.39 is 0 Å². The number of hydrogen-bond acceptors (Lipinski definition) is 2. The van der Waals surface area contributed by atoms with Crippen molar-refractivity contribution >= 4 is 0 Å². The van der Waals surface area contributed by atoms with Crippen LogP contribution < -0.4 is 5.32 Å². The monoisotopic (exact) mass is 185 g/mol. The van der Waals surface area contributed by atoms with Crippen LogP contribution in [0.3, 0.4) is 0 Å². The van der Waals surface area contributed by atoms with E-state index in [0.29, 0.717) is 6.10 Å². The Morgan fingerprint density at radius 3 is 2.77 bits per heavy atom. The summed E-state index contributed by atoms with van der Waals surface area (Å²) in [6.45, 7) is 5.42. The van der Waals surface area contributed by atoms with E-state index in [0.717, 1.165) is 19.7 Å².